The zero-order chi connectivity index (χ0) is 24.5. The highest BCUT2D eigenvalue weighted by molar-refractivity contribution is 5.98. The van der Waals surface area contributed by atoms with Crippen LogP contribution in [0, 0.1) is 0 Å². The molecule has 3 aromatic rings. The molecule has 1 amide bonds. The van der Waals surface area contributed by atoms with Gasteiger partial charge in [-0.3, -0.25) is 0 Å². The molecule has 0 saturated carbocycles. The highest BCUT2D eigenvalue weighted by atomic mass is 16.6. The first kappa shape index (κ1) is 23.3. The normalized spacial score (nSPS) is 13.4. The van der Waals surface area contributed by atoms with E-state index in [9.17, 15) is 9.59 Å². The number of ether oxygens (including phenoxy) is 2. The van der Waals surface area contributed by atoms with Crippen LogP contribution in [0.2, 0.25) is 0 Å². The van der Waals surface area contributed by atoms with Crippen molar-refractivity contribution in [2.45, 2.75) is 46.3 Å². The van der Waals surface area contributed by atoms with Crippen molar-refractivity contribution in [3.63, 3.8) is 0 Å². The molecule has 0 bridgehead atoms. The molecule has 0 saturated heterocycles. The molecule has 0 aliphatic carbocycles. The van der Waals surface area contributed by atoms with Crippen LogP contribution in [0.1, 0.15) is 49.2 Å². The number of hydrogen-bond acceptors (Lipinski definition) is 7. The zero-order valence-electron chi connectivity index (χ0n) is 19.8. The largest absolute Gasteiger partial charge is 0.462 e. The topological polar surface area (TPSA) is 123 Å². The van der Waals surface area contributed by atoms with Crippen LogP contribution in [0.25, 0.3) is 22.6 Å². The van der Waals surface area contributed by atoms with Gasteiger partial charge in [-0.2, -0.15) is 0 Å². The number of H-pyrrole nitrogens is 1. The highest BCUT2D eigenvalue weighted by Crippen LogP contribution is 2.35. The van der Waals surface area contributed by atoms with Gasteiger partial charge in [0.05, 0.1) is 29.3 Å². The fourth-order valence-electron chi connectivity index (χ4n) is 4.02. The smallest absolute Gasteiger partial charge is 0.410 e. The van der Waals surface area contributed by atoms with E-state index in [1.54, 1.807) is 30.2 Å². The molecule has 2 aromatic heterocycles. The van der Waals surface area contributed by atoms with E-state index in [1.165, 1.54) is 0 Å². The Hall–Kier alpha value is -3.88. The van der Waals surface area contributed by atoms with Crippen LogP contribution in [-0.2, 0) is 22.4 Å². The molecule has 0 spiro atoms. The van der Waals surface area contributed by atoms with Crippen molar-refractivity contribution in [1.82, 2.24) is 19.9 Å². The van der Waals surface area contributed by atoms with Crippen molar-refractivity contribution in [2.24, 2.45) is 0 Å². The third-order valence-electron chi connectivity index (χ3n) is 5.45. The van der Waals surface area contributed by atoms with Gasteiger partial charge in [-0.25, -0.2) is 19.6 Å². The third-order valence-corrected chi connectivity index (χ3v) is 5.45. The molecule has 0 unspecified atom stereocenters. The van der Waals surface area contributed by atoms with Crippen molar-refractivity contribution in [3.8, 4) is 22.6 Å². The maximum absolute atomic E-state index is 12.8. The number of aromatic nitrogens is 3. The van der Waals surface area contributed by atoms with E-state index in [-0.39, 0.29) is 18.6 Å². The summed E-state index contributed by atoms with van der Waals surface area (Å²) in [5.41, 5.74) is 10.4. The highest BCUT2D eigenvalue weighted by Gasteiger charge is 2.28. The number of nitrogens with one attached hydrogen (secondary N) is 1. The third kappa shape index (κ3) is 4.88. The number of rotatable bonds is 4. The molecule has 0 fully saturated rings. The minimum atomic E-state index is -0.557. The minimum Gasteiger partial charge on any atom is -0.462 e. The Morgan fingerprint density at radius 2 is 2.03 bits per heavy atom. The monoisotopic (exact) mass is 463 g/mol. The molecule has 0 radical (unpaired) electrons. The Kier molecular flexibility index (Phi) is 6.28. The number of fused-ring (bicyclic) bond motifs is 1. The van der Waals surface area contributed by atoms with E-state index in [0.717, 1.165) is 16.7 Å². The Morgan fingerprint density at radius 3 is 2.74 bits per heavy atom. The summed E-state index contributed by atoms with van der Waals surface area (Å²) in [5.74, 6) is -0.281. The zero-order valence-corrected chi connectivity index (χ0v) is 19.8. The lowest BCUT2D eigenvalue weighted by molar-refractivity contribution is 0.0224. The quantitative estimate of drug-likeness (QED) is 0.556. The number of carbonyl (C=O) groups excluding carboxylic acids is 2. The molecular weight excluding hydrogens is 434 g/mol. The van der Waals surface area contributed by atoms with Crippen LogP contribution in [0.4, 0.5) is 10.7 Å². The van der Waals surface area contributed by atoms with Crippen LogP contribution < -0.4 is 5.73 Å². The molecule has 0 atom stereocenters. The number of nitrogens with two attached hydrogens (primary N) is 1. The standard InChI is InChI=1S/C25H29N5O4/c1-5-33-22(31)18-13-20(19-9-11-27-23(26)29-19)28-21(18)17-8-6-7-15-14-30(12-10-16(15)17)24(32)34-25(2,3)4/h6-9,11,13,28H,5,10,12,14H2,1-4H3,(H2,26,27,29). The minimum absolute atomic E-state index is 0.144. The molecule has 3 N–H and O–H groups in total. The van der Waals surface area contributed by atoms with E-state index in [1.807, 2.05) is 39.0 Å². The average molecular weight is 464 g/mol. The fourth-order valence-corrected chi connectivity index (χ4v) is 4.02. The number of esters is 1. The van der Waals surface area contributed by atoms with Gasteiger partial charge < -0.3 is 25.1 Å². The van der Waals surface area contributed by atoms with Crippen LogP contribution in [0.15, 0.2) is 36.5 Å². The van der Waals surface area contributed by atoms with Gasteiger partial charge in [-0.15, -0.1) is 0 Å². The molecule has 34 heavy (non-hydrogen) atoms. The number of nitrogen functional groups attached to an aromatic ring is 1. The first-order chi connectivity index (χ1) is 16.2. The number of nitrogens with zero attached hydrogens (tertiary/aromatic N) is 3. The van der Waals surface area contributed by atoms with Crippen LogP contribution in [0.5, 0.6) is 0 Å². The van der Waals surface area contributed by atoms with Gasteiger partial charge >= 0.3 is 12.1 Å². The Balaban J connectivity index is 1.73. The molecule has 9 nitrogen and oxygen atoms in total. The molecular formula is C25H29N5O4. The Morgan fingerprint density at radius 1 is 1.24 bits per heavy atom. The molecule has 1 aliphatic heterocycles. The first-order valence-electron chi connectivity index (χ1n) is 11.2. The van der Waals surface area contributed by atoms with Crippen LogP contribution >= 0.6 is 0 Å². The lowest BCUT2D eigenvalue weighted by atomic mass is 9.92. The summed E-state index contributed by atoms with van der Waals surface area (Å²) in [4.78, 5) is 38.7. The van der Waals surface area contributed by atoms with E-state index in [0.29, 0.717) is 42.2 Å². The number of carbonyl (C=O) groups is 2. The predicted molar refractivity (Wildman–Crippen MR) is 128 cm³/mol. The second-order valence-corrected chi connectivity index (χ2v) is 9.09. The fraction of sp³-hybridized carbons (Fsp3) is 0.360. The summed E-state index contributed by atoms with van der Waals surface area (Å²) in [7, 11) is 0. The summed E-state index contributed by atoms with van der Waals surface area (Å²) in [6.07, 6.45) is 1.86. The van der Waals surface area contributed by atoms with Gasteiger partial charge in [-0.1, -0.05) is 18.2 Å². The molecule has 3 heterocycles. The van der Waals surface area contributed by atoms with Gasteiger partial charge in [0, 0.05) is 24.8 Å². The molecule has 1 aliphatic rings. The van der Waals surface area contributed by atoms with Gasteiger partial charge in [0.25, 0.3) is 0 Å². The molecule has 9 heteroatoms. The summed E-state index contributed by atoms with van der Waals surface area (Å²) < 4.78 is 10.9. The van der Waals surface area contributed by atoms with Crippen molar-refractivity contribution in [2.75, 3.05) is 18.9 Å². The summed E-state index contributed by atoms with van der Waals surface area (Å²) in [5, 5.41) is 0. The van der Waals surface area contributed by atoms with Crippen molar-refractivity contribution < 1.29 is 19.1 Å². The van der Waals surface area contributed by atoms with E-state index >= 15 is 0 Å². The number of hydrogen-bond donors (Lipinski definition) is 2. The Bertz CT molecular complexity index is 1230. The van der Waals surface area contributed by atoms with Gasteiger partial charge in [0.2, 0.25) is 5.95 Å². The maximum Gasteiger partial charge on any atom is 0.410 e. The lowest BCUT2D eigenvalue weighted by Crippen LogP contribution is -2.40. The number of anilines is 1. The summed E-state index contributed by atoms with van der Waals surface area (Å²) in [6, 6.07) is 9.33. The van der Waals surface area contributed by atoms with Crippen molar-refractivity contribution in [3.05, 3.63) is 53.2 Å². The Labute approximate surface area is 198 Å². The van der Waals surface area contributed by atoms with E-state index < -0.39 is 11.6 Å². The van der Waals surface area contributed by atoms with Gasteiger partial charge in [0.1, 0.15) is 5.60 Å². The van der Waals surface area contributed by atoms with Crippen molar-refractivity contribution >= 4 is 18.0 Å². The predicted octanol–water partition coefficient (Wildman–Crippen LogP) is 4.19. The summed E-state index contributed by atoms with van der Waals surface area (Å²) >= 11 is 0. The van der Waals surface area contributed by atoms with Gasteiger partial charge in [0.15, 0.2) is 0 Å². The van der Waals surface area contributed by atoms with Crippen molar-refractivity contribution in [1.29, 1.82) is 0 Å². The molecule has 4 rings (SSSR count). The second kappa shape index (κ2) is 9.17. The number of amides is 1. The van der Waals surface area contributed by atoms with Crippen LogP contribution in [-0.4, -0.2) is 50.7 Å². The molecule has 1 aromatic carbocycles. The van der Waals surface area contributed by atoms with Gasteiger partial charge in [-0.05, 0) is 57.4 Å². The average Bonchev–Trinajstić information content (AvgIpc) is 3.23. The number of aromatic amines is 1. The summed E-state index contributed by atoms with van der Waals surface area (Å²) in [6.45, 7) is 8.54. The maximum atomic E-state index is 12.8. The SMILES string of the molecule is CCOC(=O)c1cc(-c2ccnc(N)n2)[nH]c1-c1cccc2c1CCN(C(=O)OC(C)(C)C)C2. The number of benzene rings is 1. The lowest BCUT2D eigenvalue weighted by Gasteiger charge is -2.32. The second-order valence-electron chi connectivity index (χ2n) is 9.09. The first-order valence-corrected chi connectivity index (χ1v) is 11.2. The van der Waals surface area contributed by atoms with E-state index in [2.05, 4.69) is 15.0 Å². The van der Waals surface area contributed by atoms with Crippen LogP contribution in [0.3, 0.4) is 0 Å². The molecule has 178 valence electrons. The van der Waals surface area contributed by atoms with E-state index in [4.69, 9.17) is 15.2 Å².